The second-order valence-electron chi connectivity index (χ2n) is 2.42. The summed E-state index contributed by atoms with van der Waals surface area (Å²) in [5.41, 5.74) is 4.80. The monoisotopic (exact) mass is 142 g/mol. The molecule has 1 heterocycles. The van der Waals surface area contributed by atoms with Crippen molar-refractivity contribution in [3.05, 3.63) is 0 Å². The van der Waals surface area contributed by atoms with E-state index >= 15 is 0 Å². The maximum atomic E-state index is 10.8. The summed E-state index contributed by atoms with van der Waals surface area (Å²) in [6, 6.07) is 0. The molecule has 4 nitrogen and oxygen atoms in total. The molecule has 10 heavy (non-hydrogen) atoms. The van der Waals surface area contributed by atoms with Gasteiger partial charge in [-0.3, -0.25) is 9.59 Å². The maximum Gasteiger partial charge on any atom is 0.285 e. The fourth-order valence-electron chi connectivity index (χ4n) is 1.08. The summed E-state index contributed by atoms with van der Waals surface area (Å²) in [4.78, 5) is 21.2. The molecular formula is C6H10N2O2. The van der Waals surface area contributed by atoms with E-state index in [4.69, 9.17) is 5.73 Å². The van der Waals surface area contributed by atoms with Crippen LogP contribution in [-0.2, 0) is 9.59 Å². The number of amides is 1. The van der Waals surface area contributed by atoms with Gasteiger partial charge in [-0.05, 0) is 13.0 Å². The second-order valence-corrected chi connectivity index (χ2v) is 2.42. The van der Waals surface area contributed by atoms with Crippen LogP contribution in [-0.4, -0.2) is 24.8 Å². The van der Waals surface area contributed by atoms with Gasteiger partial charge in [0, 0.05) is 12.5 Å². The summed E-state index contributed by atoms with van der Waals surface area (Å²) in [6.07, 6.45) is 0.738. The summed E-state index contributed by atoms with van der Waals surface area (Å²) < 4.78 is 0. The summed E-state index contributed by atoms with van der Waals surface area (Å²) in [7, 11) is 0. The van der Waals surface area contributed by atoms with Crippen molar-refractivity contribution in [2.24, 2.45) is 11.7 Å². The number of Topliss-reactive ketones (excluding diaryl/α,β-unsaturated/α-hetero) is 1. The largest absolute Gasteiger partial charge is 0.363 e. The normalized spacial score (nSPS) is 24.6. The molecule has 1 saturated heterocycles. The van der Waals surface area contributed by atoms with Gasteiger partial charge in [-0.2, -0.15) is 0 Å². The zero-order valence-corrected chi connectivity index (χ0v) is 5.59. The highest BCUT2D eigenvalue weighted by Gasteiger charge is 2.25. The standard InChI is InChI=1S/C6H10N2O2/c7-6(10)5(9)4-1-2-8-3-4/h4,8H,1-3H2,(H2,7,10)/t4-/m1/s1. The maximum absolute atomic E-state index is 10.8. The number of carbonyl (C=O) groups is 2. The van der Waals surface area contributed by atoms with E-state index in [-0.39, 0.29) is 5.92 Å². The lowest BCUT2D eigenvalue weighted by atomic mass is 10.0. The average molecular weight is 142 g/mol. The number of rotatable bonds is 2. The first kappa shape index (κ1) is 7.21. The van der Waals surface area contributed by atoms with Gasteiger partial charge in [-0.1, -0.05) is 0 Å². The zero-order valence-electron chi connectivity index (χ0n) is 5.59. The number of nitrogens with one attached hydrogen (secondary N) is 1. The van der Waals surface area contributed by atoms with Crippen LogP contribution in [0.25, 0.3) is 0 Å². The van der Waals surface area contributed by atoms with Crippen molar-refractivity contribution in [3.8, 4) is 0 Å². The van der Waals surface area contributed by atoms with Gasteiger partial charge in [-0.25, -0.2) is 0 Å². The molecule has 56 valence electrons. The Balaban J connectivity index is 2.48. The Bertz CT molecular complexity index is 161. The Morgan fingerprint density at radius 1 is 1.50 bits per heavy atom. The van der Waals surface area contributed by atoms with E-state index in [1.165, 1.54) is 0 Å². The molecule has 0 radical (unpaired) electrons. The molecular weight excluding hydrogens is 132 g/mol. The Hall–Kier alpha value is -0.900. The predicted octanol–water partition coefficient (Wildman–Crippen LogP) is -1.35. The van der Waals surface area contributed by atoms with Crippen LogP contribution in [0, 0.1) is 5.92 Å². The first-order chi connectivity index (χ1) is 4.72. The third-order valence-corrected chi connectivity index (χ3v) is 1.67. The molecule has 1 rings (SSSR count). The lowest BCUT2D eigenvalue weighted by Gasteiger charge is -2.00. The molecule has 0 aromatic carbocycles. The summed E-state index contributed by atoms with van der Waals surface area (Å²) in [5, 5.41) is 2.98. The van der Waals surface area contributed by atoms with Crippen LogP contribution in [0.4, 0.5) is 0 Å². The highest BCUT2D eigenvalue weighted by atomic mass is 16.2. The van der Waals surface area contributed by atoms with Gasteiger partial charge in [0.05, 0.1) is 0 Å². The Labute approximate surface area is 58.8 Å². The minimum atomic E-state index is -0.811. The quantitative estimate of drug-likeness (QED) is 0.468. The molecule has 0 aromatic rings. The van der Waals surface area contributed by atoms with E-state index in [9.17, 15) is 9.59 Å². The zero-order chi connectivity index (χ0) is 7.56. The molecule has 0 aliphatic carbocycles. The fourth-order valence-corrected chi connectivity index (χ4v) is 1.08. The smallest absolute Gasteiger partial charge is 0.285 e. The van der Waals surface area contributed by atoms with Gasteiger partial charge in [0.2, 0.25) is 5.78 Å². The summed E-state index contributed by atoms with van der Waals surface area (Å²) >= 11 is 0. The molecule has 0 aromatic heterocycles. The number of primary amides is 1. The van der Waals surface area contributed by atoms with Crippen LogP contribution in [0.5, 0.6) is 0 Å². The van der Waals surface area contributed by atoms with Crippen molar-refractivity contribution in [2.75, 3.05) is 13.1 Å². The molecule has 0 saturated carbocycles. The van der Waals surface area contributed by atoms with Crippen LogP contribution in [0.3, 0.4) is 0 Å². The van der Waals surface area contributed by atoms with Crippen molar-refractivity contribution in [1.82, 2.24) is 5.32 Å². The van der Waals surface area contributed by atoms with Gasteiger partial charge >= 0.3 is 0 Å². The van der Waals surface area contributed by atoms with Gasteiger partial charge < -0.3 is 11.1 Å². The molecule has 1 atom stereocenters. The topological polar surface area (TPSA) is 72.2 Å². The number of hydrogen-bond acceptors (Lipinski definition) is 3. The van der Waals surface area contributed by atoms with Crippen LogP contribution in [0.2, 0.25) is 0 Å². The molecule has 1 amide bonds. The number of hydrogen-bond donors (Lipinski definition) is 2. The molecule has 1 aliphatic heterocycles. The van der Waals surface area contributed by atoms with Crippen molar-refractivity contribution in [2.45, 2.75) is 6.42 Å². The molecule has 3 N–H and O–H groups in total. The Morgan fingerprint density at radius 2 is 2.20 bits per heavy atom. The number of ketones is 1. The van der Waals surface area contributed by atoms with Crippen LogP contribution in [0.15, 0.2) is 0 Å². The van der Waals surface area contributed by atoms with Crippen molar-refractivity contribution < 1.29 is 9.59 Å². The van der Waals surface area contributed by atoms with Gasteiger partial charge in [0.25, 0.3) is 5.91 Å². The fraction of sp³-hybridized carbons (Fsp3) is 0.667. The highest BCUT2D eigenvalue weighted by molar-refractivity contribution is 6.36. The molecule has 0 unspecified atom stereocenters. The van der Waals surface area contributed by atoms with E-state index in [1.807, 2.05) is 0 Å². The SMILES string of the molecule is NC(=O)C(=O)[C@@H]1CCNC1. The highest BCUT2D eigenvalue weighted by Crippen LogP contribution is 2.07. The van der Waals surface area contributed by atoms with E-state index in [0.29, 0.717) is 6.54 Å². The average Bonchev–Trinajstić information content (AvgIpc) is 2.36. The third-order valence-electron chi connectivity index (χ3n) is 1.67. The van der Waals surface area contributed by atoms with E-state index in [2.05, 4.69) is 5.32 Å². The van der Waals surface area contributed by atoms with Gasteiger partial charge in [0.1, 0.15) is 0 Å². The lowest BCUT2D eigenvalue weighted by molar-refractivity contribution is -0.138. The first-order valence-electron chi connectivity index (χ1n) is 3.26. The minimum Gasteiger partial charge on any atom is -0.363 e. The third kappa shape index (κ3) is 1.33. The first-order valence-corrected chi connectivity index (χ1v) is 3.26. The minimum absolute atomic E-state index is 0.169. The van der Waals surface area contributed by atoms with Crippen molar-refractivity contribution in [1.29, 1.82) is 0 Å². The van der Waals surface area contributed by atoms with E-state index < -0.39 is 11.7 Å². The number of nitrogens with two attached hydrogens (primary N) is 1. The van der Waals surface area contributed by atoms with Crippen molar-refractivity contribution in [3.63, 3.8) is 0 Å². The van der Waals surface area contributed by atoms with Crippen LogP contribution >= 0.6 is 0 Å². The Morgan fingerprint density at radius 3 is 2.60 bits per heavy atom. The molecule has 4 heteroatoms. The second kappa shape index (κ2) is 2.79. The van der Waals surface area contributed by atoms with E-state index in [1.54, 1.807) is 0 Å². The van der Waals surface area contributed by atoms with Crippen LogP contribution in [0.1, 0.15) is 6.42 Å². The predicted molar refractivity (Wildman–Crippen MR) is 35.2 cm³/mol. The van der Waals surface area contributed by atoms with Gasteiger partial charge in [0.15, 0.2) is 0 Å². The molecule has 0 bridgehead atoms. The van der Waals surface area contributed by atoms with Crippen LogP contribution < -0.4 is 11.1 Å². The lowest BCUT2D eigenvalue weighted by Crippen LogP contribution is -2.31. The Kier molecular flexibility index (Phi) is 2.01. The van der Waals surface area contributed by atoms with E-state index in [0.717, 1.165) is 13.0 Å². The number of carbonyl (C=O) groups excluding carboxylic acids is 2. The molecule has 1 fully saturated rings. The summed E-state index contributed by atoms with van der Waals surface area (Å²) in [5.74, 6) is -1.42. The molecule has 1 aliphatic rings. The van der Waals surface area contributed by atoms with Gasteiger partial charge in [-0.15, -0.1) is 0 Å². The molecule has 0 spiro atoms. The summed E-state index contributed by atoms with van der Waals surface area (Å²) in [6.45, 7) is 1.41. The van der Waals surface area contributed by atoms with Crippen molar-refractivity contribution >= 4 is 11.7 Å².